The first-order valence-corrected chi connectivity index (χ1v) is 6.07. The van der Waals surface area contributed by atoms with Crippen molar-refractivity contribution in [2.75, 3.05) is 24.5 Å². The molecular weight excluding hydrogens is 243 g/mol. The minimum Gasteiger partial charge on any atom is -0.352 e. The van der Waals surface area contributed by atoms with Crippen molar-refractivity contribution in [1.82, 2.24) is 10.3 Å². The van der Waals surface area contributed by atoms with E-state index in [0.29, 0.717) is 17.8 Å². The number of fused-ring (bicyclic) bond motifs is 1. The quantitative estimate of drug-likeness (QED) is 0.833. The molecule has 0 bridgehead atoms. The lowest BCUT2D eigenvalue weighted by Crippen LogP contribution is -2.64. The summed E-state index contributed by atoms with van der Waals surface area (Å²) in [4.78, 5) is 5.69. The van der Waals surface area contributed by atoms with Crippen LogP contribution in [0.1, 0.15) is 12.1 Å². The van der Waals surface area contributed by atoms with Crippen LogP contribution >= 0.6 is 0 Å². The molecule has 3 heterocycles. The van der Waals surface area contributed by atoms with Gasteiger partial charge in [-0.2, -0.15) is 13.2 Å². The second kappa shape index (κ2) is 4.12. The first-order chi connectivity index (χ1) is 8.55. The molecule has 1 N–H and O–H groups in total. The van der Waals surface area contributed by atoms with Crippen LogP contribution in [0.15, 0.2) is 18.2 Å². The number of pyridine rings is 1. The van der Waals surface area contributed by atoms with Gasteiger partial charge in [-0.25, -0.2) is 4.98 Å². The summed E-state index contributed by atoms with van der Waals surface area (Å²) in [6.45, 7) is 2.66. The molecule has 0 spiro atoms. The van der Waals surface area contributed by atoms with Gasteiger partial charge in [0.05, 0.1) is 0 Å². The van der Waals surface area contributed by atoms with E-state index in [2.05, 4.69) is 10.3 Å². The Hall–Kier alpha value is -1.30. The van der Waals surface area contributed by atoms with Gasteiger partial charge < -0.3 is 10.2 Å². The predicted octanol–water partition coefficient (Wildman–Crippen LogP) is 1.90. The summed E-state index contributed by atoms with van der Waals surface area (Å²) in [5.41, 5.74) is -0.813. The third-order valence-electron chi connectivity index (χ3n) is 3.74. The van der Waals surface area contributed by atoms with Crippen molar-refractivity contribution in [3.8, 4) is 0 Å². The van der Waals surface area contributed by atoms with E-state index < -0.39 is 11.9 Å². The van der Waals surface area contributed by atoms with Gasteiger partial charge in [-0.05, 0) is 31.0 Å². The van der Waals surface area contributed by atoms with Gasteiger partial charge >= 0.3 is 6.18 Å². The molecule has 2 atom stereocenters. The molecule has 1 aromatic rings. The van der Waals surface area contributed by atoms with E-state index in [0.717, 1.165) is 32.1 Å². The molecule has 2 aliphatic heterocycles. The second-order valence-electron chi connectivity index (χ2n) is 4.85. The molecular formula is C12H14F3N3. The summed E-state index contributed by atoms with van der Waals surface area (Å²) >= 11 is 0. The number of rotatable bonds is 1. The maximum Gasteiger partial charge on any atom is 0.433 e. The highest BCUT2D eigenvalue weighted by atomic mass is 19.4. The monoisotopic (exact) mass is 257 g/mol. The number of halogens is 3. The minimum atomic E-state index is -4.37. The third kappa shape index (κ3) is 1.94. The van der Waals surface area contributed by atoms with Gasteiger partial charge in [-0.1, -0.05) is 6.07 Å². The first-order valence-electron chi connectivity index (χ1n) is 6.07. The molecule has 18 heavy (non-hydrogen) atoms. The smallest absolute Gasteiger partial charge is 0.352 e. The average Bonchev–Trinajstić information content (AvgIpc) is 2.30. The summed E-state index contributed by atoms with van der Waals surface area (Å²) in [7, 11) is 0. The lowest BCUT2D eigenvalue weighted by atomic mass is 9.83. The van der Waals surface area contributed by atoms with E-state index >= 15 is 0 Å². The van der Waals surface area contributed by atoms with Crippen molar-refractivity contribution in [3.63, 3.8) is 0 Å². The van der Waals surface area contributed by atoms with E-state index in [4.69, 9.17) is 0 Å². The Morgan fingerprint density at radius 3 is 2.89 bits per heavy atom. The average molecular weight is 257 g/mol. The Morgan fingerprint density at radius 1 is 1.33 bits per heavy atom. The number of nitrogens with zero attached hydrogens (tertiary/aromatic N) is 2. The Kier molecular flexibility index (Phi) is 2.69. The lowest BCUT2D eigenvalue weighted by Gasteiger charge is -2.51. The molecule has 3 rings (SSSR count). The number of alkyl halides is 3. The van der Waals surface area contributed by atoms with E-state index in [1.807, 2.05) is 4.90 Å². The zero-order chi connectivity index (χ0) is 12.8. The summed E-state index contributed by atoms with van der Waals surface area (Å²) in [6, 6.07) is 4.39. The Labute approximate surface area is 103 Å². The third-order valence-corrected chi connectivity index (χ3v) is 3.74. The molecule has 0 aromatic carbocycles. The van der Waals surface area contributed by atoms with Crippen LogP contribution in [0, 0.1) is 5.92 Å². The van der Waals surface area contributed by atoms with Crippen LogP contribution in [0.2, 0.25) is 0 Å². The Bertz CT molecular complexity index is 446. The number of hydrogen-bond donors (Lipinski definition) is 1. The molecule has 2 aliphatic rings. The molecule has 0 radical (unpaired) electrons. The highest BCUT2D eigenvalue weighted by Crippen LogP contribution is 2.35. The van der Waals surface area contributed by atoms with Gasteiger partial charge in [0.2, 0.25) is 0 Å². The van der Waals surface area contributed by atoms with Gasteiger partial charge in [0.1, 0.15) is 11.5 Å². The van der Waals surface area contributed by atoms with Gasteiger partial charge in [0, 0.05) is 19.1 Å². The summed E-state index contributed by atoms with van der Waals surface area (Å²) < 4.78 is 37.8. The molecule has 2 fully saturated rings. The molecule has 3 nitrogen and oxygen atoms in total. The van der Waals surface area contributed by atoms with E-state index in [1.165, 1.54) is 6.07 Å². The second-order valence-corrected chi connectivity index (χ2v) is 4.85. The van der Waals surface area contributed by atoms with Gasteiger partial charge in [0.15, 0.2) is 0 Å². The highest BCUT2D eigenvalue weighted by Gasteiger charge is 2.41. The van der Waals surface area contributed by atoms with Crippen LogP contribution < -0.4 is 10.2 Å². The van der Waals surface area contributed by atoms with Crippen LogP contribution in [-0.2, 0) is 6.18 Å². The fraction of sp³-hybridized carbons (Fsp3) is 0.583. The molecule has 2 saturated heterocycles. The van der Waals surface area contributed by atoms with Crippen molar-refractivity contribution >= 4 is 5.82 Å². The predicted molar refractivity (Wildman–Crippen MR) is 61.3 cm³/mol. The van der Waals surface area contributed by atoms with Crippen molar-refractivity contribution in [1.29, 1.82) is 0 Å². The zero-order valence-corrected chi connectivity index (χ0v) is 9.74. The van der Waals surface area contributed by atoms with Crippen LogP contribution in [0.5, 0.6) is 0 Å². The van der Waals surface area contributed by atoms with Crippen LogP contribution in [-0.4, -0.2) is 30.7 Å². The van der Waals surface area contributed by atoms with Crippen LogP contribution in [0.25, 0.3) is 0 Å². The lowest BCUT2D eigenvalue weighted by molar-refractivity contribution is -0.141. The minimum absolute atomic E-state index is 0.301. The van der Waals surface area contributed by atoms with E-state index in [9.17, 15) is 13.2 Å². The van der Waals surface area contributed by atoms with Gasteiger partial charge in [0.25, 0.3) is 0 Å². The van der Waals surface area contributed by atoms with E-state index in [-0.39, 0.29) is 0 Å². The van der Waals surface area contributed by atoms with Gasteiger partial charge in [-0.15, -0.1) is 0 Å². The maximum absolute atomic E-state index is 12.6. The molecule has 1 aromatic heterocycles. The maximum atomic E-state index is 12.6. The number of anilines is 1. The fourth-order valence-corrected chi connectivity index (χ4v) is 2.73. The normalized spacial score (nSPS) is 27.6. The topological polar surface area (TPSA) is 28.2 Å². The Morgan fingerprint density at radius 2 is 2.17 bits per heavy atom. The largest absolute Gasteiger partial charge is 0.433 e. The van der Waals surface area contributed by atoms with Crippen molar-refractivity contribution in [2.45, 2.75) is 18.6 Å². The highest BCUT2D eigenvalue weighted by molar-refractivity contribution is 5.45. The molecule has 0 aliphatic carbocycles. The number of nitrogens with one attached hydrogen (secondary N) is 1. The van der Waals surface area contributed by atoms with Crippen molar-refractivity contribution in [3.05, 3.63) is 23.9 Å². The SMILES string of the molecule is FC(F)(F)c1cccc(N2CC3CCNCC32)n1. The van der Waals surface area contributed by atoms with Crippen molar-refractivity contribution in [2.24, 2.45) is 5.92 Å². The summed E-state index contributed by atoms with van der Waals surface area (Å²) in [5, 5.41) is 3.27. The molecule has 6 heteroatoms. The Balaban J connectivity index is 1.81. The molecule has 0 saturated carbocycles. The standard InChI is InChI=1S/C12H14F3N3/c13-12(14,15)10-2-1-3-11(17-10)18-7-8-4-5-16-6-9(8)18/h1-3,8-9,16H,4-7H2. The summed E-state index contributed by atoms with van der Waals surface area (Å²) in [5.74, 6) is 1.04. The zero-order valence-electron chi connectivity index (χ0n) is 9.74. The molecule has 2 unspecified atom stereocenters. The first kappa shape index (κ1) is 11.8. The van der Waals surface area contributed by atoms with Crippen LogP contribution in [0.4, 0.5) is 19.0 Å². The number of piperidine rings is 1. The molecule has 0 amide bonds. The van der Waals surface area contributed by atoms with Crippen LogP contribution in [0.3, 0.4) is 0 Å². The van der Waals surface area contributed by atoms with Gasteiger partial charge in [-0.3, -0.25) is 0 Å². The number of aromatic nitrogens is 1. The molecule has 98 valence electrons. The van der Waals surface area contributed by atoms with Crippen molar-refractivity contribution < 1.29 is 13.2 Å². The summed E-state index contributed by atoms with van der Waals surface area (Å²) in [6.07, 6.45) is -3.27. The number of hydrogen-bond acceptors (Lipinski definition) is 3. The van der Waals surface area contributed by atoms with E-state index in [1.54, 1.807) is 6.07 Å². The fourth-order valence-electron chi connectivity index (χ4n) is 2.73.